The maximum atomic E-state index is 12.3. The molecular formula is C14H21N3O3S. The van der Waals surface area contributed by atoms with E-state index in [9.17, 15) is 9.59 Å². The Kier molecular flexibility index (Phi) is 4.51. The molecule has 0 saturated carbocycles. The topological polar surface area (TPSA) is 71.5 Å². The van der Waals surface area contributed by atoms with Crippen molar-refractivity contribution < 1.29 is 14.3 Å². The zero-order chi connectivity index (χ0) is 15.6. The highest BCUT2D eigenvalue weighted by atomic mass is 32.1. The third-order valence-corrected chi connectivity index (χ3v) is 3.86. The zero-order valence-electron chi connectivity index (χ0n) is 12.8. The minimum atomic E-state index is -0.562. The zero-order valence-corrected chi connectivity index (χ0v) is 13.6. The van der Waals surface area contributed by atoms with E-state index >= 15 is 0 Å². The first-order valence-electron chi connectivity index (χ1n) is 6.99. The normalized spacial score (nSPS) is 18.7. The maximum Gasteiger partial charge on any atom is 0.410 e. The van der Waals surface area contributed by atoms with Crippen molar-refractivity contribution in [1.29, 1.82) is 0 Å². The molecule has 0 aromatic carbocycles. The molecule has 0 spiro atoms. The summed E-state index contributed by atoms with van der Waals surface area (Å²) in [6, 6.07) is -0.482. The number of aryl methyl sites for hydroxylation is 1. The smallest absolute Gasteiger partial charge is 0.410 e. The molecule has 1 N–H and O–H groups in total. The summed E-state index contributed by atoms with van der Waals surface area (Å²) in [5.41, 5.74) is -0.562. The molecule has 2 heterocycles. The number of carbonyl (C=O) groups is 2. The van der Waals surface area contributed by atoms with Crippen LogP contribution in [0.5, 0.6) is 0 Å². The second-order valence-electron chi connectivity index (χ2n) is 6.10. The number of thiazole rings is 1. The first-order valence-corrected chi connectivity index (χ1v) is 7.81. The number of aromatic nitrogens is 1. The fourth-order valence-corrected chi connectivity index (χ4v) is 2.85. The lowest BCUT2D eigenvalue weighted by molar-refractivity contribution is -0.120. The number of nitrogens with zero attached hydrogens (tertiary/aromatic N) is 2. The number of nitrogens with one attached hydrogen (secondary N) is 1. The van der Waals surface area contributed by atoms with Crippen LogP contribution in [0.3, 0.4) is 0 Å². The van der Waals surface area contributed by atoms with Gasteiger partial charge in [-0.25, -0.2) is 9.78 Å². The predicted octanol–water partition coefficient (Wildman–Crippen LogP) is 2.79. The van der Waals surface area contributed by atoms with Gasteiger partial charge >= 0.3 is 6.09 Å². The molecule has 21 heavy (non-hydrogen) atoms. The van der Waals surface area contributed by atoms with Crippen LogP contribution in [-0.2, 0) is 9.53 Å². The second kappa shape index (κ2) is 6.01. The van der Waals surface area contributed by atoms with E-state index in [4.69, 9.17) is 4.74 Å². The summed E-state index contributed by atoms with van der Waals surface area (Å²) in [6.45, 7) is 7.91. The van der Waals surface area contributed by atoms with Crippen LogP contribution in [0.15, 0.2) is 6.20 Å². The van der Waals surface area contributed by atoms with Gasteiger partial charge in [-0.1, -0.05) is 0 Å². The molecule has 7 heteroatoms. The molecule has 1 fully saturated rings. The molecule has 2 amide bonds. The quantitative estimate of drug-likeness (QED) is 0.911. The second-order valence-corrected chi connectivity index (χ2v) is 7.33. The monoisotopic (exact) mass is 311 g/mol. The number of carbonyl (C=O) groups excluding carboxylic acids is 2. The number of anilines is 1. The molecule has 0 unspecified atom stereocenters. The average Bonchev–Trinajstić information content (AvgIpc) is 2.95. The van der Waals surface area contributed by atoms with Crippen molar-refractivity contribution in [3.8, 4) is 0 Å². The third-order valence-electron chi connectivity index (χ3n) is 3.03. The lowest BCUT2D eigenvalue weighted by Gasteiger charge is -2.27. The number of ether oxygens (including phenoxy) is 1. The van der Waals surface area contributed by atoms with Crippen LogP contribution in [0.1, 0.15) is 38.5 Å². The highest BCUT2D eigenvalue weighted by Crippen LogP contribution is 2.23. The van der Waals surface area contributed by atoms with E-state index in [1.54, 1.807) is 6.20 Å². The molecule has 1 aliphatic rings. The average molecular weight is 311 g/mol. The highest BCUT2D eigenvalue weighted by molar-refractivity contribution is 7.15. The van der Waals surface area contributed by atoms with Gasteiger partial charge in [0.1, 0.15) is 11.6 Å². The number of likely N-dealkylation sites (tertiary alicyclic amines) is 1. The summed E-state index contributed by atoms with van der Waals surface area (Å²) >= 11 is 1.42. The highest BCUT2D eigenvalue weighted by Gasteiger charge is 2.36. The fraction of sp³-hybridized carbons (Fsp3) is 0.643. The van der Waals surface area contributed by atoms with Crippen molar-refractivity contribution in [3.05, 3.63) is 11.1 Å². The predicted molar refractivity (Wildman–Crippen MR) is 81.4 cm³/mol. The van der Waals surface area contributed by atoms with E-state index in [2.05, 4.69) is 10.3 Å². The van der Waals surface area contributed by atoms with Gasteiger partial charge in [-0.05, 0) is 40.5 Å². The first kappa shape index (κ1) is 15.8. The molecule has 116 valence electrons. The van der Waals surface area contributed by atoms with Crippen LogP contribution in [-0.4, -0.2) is 40.1 Å². The number of hydrogen-bond donors (Lipinski definition) is 1. The third kappa shape index (κ3) is 4.17. The standard InChI is InChI=1S/C14H21N3O3S/c1-9-8-15-12(21-9)16-11(18)10-6-5-7-17(10)13(19)20-14(2,3)4/h8,10H,5-7H2,1-4H3,(H,15,16,18)/t10-/m0/s1. The molecule has 1 saturated heterocycles. The van der Waals surface area contributed by atoms with Crippen LogP contribution in [0.25, 0.3) is 0 Å². The number of hydrogen-bond acceptors (Lipinski definition) is 5. The van der Waals surface area contributed by atoms with Crippen molar-refractivity contribution in [3.63, 3.8) is 0 Å². The minimum absolute atomic E-state index is 0.201. The Labute approximate surface area is 128 Å². The van der Waals surface area contributed by atoms with Gasteiger partial charge in [-0.2, -0.15) is 0 Å². The molecule has 0 aliphatic carbocycles. The van der Waals surface area contributed by atoms with Crippen molar-refractivity contribution in [2.75, 3.05) is 11.9 Å². The van der Waals surface area contributed by atoms with Crippen molar-refractivity contribution in [2.24, 2.45) is 0 Å². The summed E-state index contributed by atoms with van der Waals surface area (Å²) in [4.78, 5) is 31.1. The molecule has 1 aliphatic heterocycles. The molecule has 1 aromatic heterocycles. The summed E-state index contributed by atoms with van der Waals surface area (Å²) < 4.78 is 5.35. The van der Waals surface area contributed by atoms with Crippen LogP contribution in [0.2, 0.25) is 0 Å². The lowest BCUT2D eigenvalue weighted by atomic mass is 10.2. The van der Waals surface area contributed by atoms with Gasteiger partial charge in [-0.15, -0.1) is 11.3 Å². The minimum Gasteiger partial charge on any atom is -0.444 e. The van der Waals surface area contributed by atoms with Gasteiger partial charge in [-0.3, -0.25) is 9.69 Å². The molecule has 0 radical (unpaired) electrons. The van der Waals surface area contributed by atoms with E-state index in [1.165, 1.54) is 16.2 Å². The number of rotatable bonds is 2. The Bertz CT molecular complexity index is 536. The summed E-state index contributed by atoms with van der Waals surface area (Å²) in [5, 5.41) is 3.33. The molecule has 6 nitrogen and oxygen atoms in total. The summed E-state index contributed by atoms with van der Waals surface area (Å²) in [7, 11) is 0. The van der Waals surface area contributed by atoms with Crippen LogP contribution in [0, 0.1) is 6.92 Å². The Hall–Kier alpha value is -1.63. The molecule has 0 bridgehead atoms. The number of amides is 2. The Morgan fingerprint density at radius 1 is 1.48 bits per heavy atom. The molecule has 1 aromatic rings. The van der Waals surface area contributed by atoms with E-state index in [-0.39, 0.29) is 5.91 Å². The van der Waals surface area contributed by atoms with Gasteiger partial charge in [0, 0.05) is 17.6 Å². The maximum absolute atomic E-state index is 12.3. The van der Waals surface area contributed by atoms with E-state index < -0.39 is 17.7 Å². The van der Waals surface area contributed by atoms with E-state index in [1.807, 2.05) is 27.7 Å². The lowest BCUT2D eigenvalue weighted by Crippen LogP contribution is -2.45. The SMILES string of the molecule is Cc1cnc(NC(=O)[C@@H]2CCCN2C(=O)OC(C)(C)C)s1. The van der Waals surface area contributed by atoms with Crippen molar-refractivity contribution in [2.45, 2.75) is 52.2 Å². The van der Waals surface area contributed by atoms with Crippen LogP contribution in [0.4, 0.5) is 9.93 Å². The Morgan fingerprint density at radius 3 is 2.76 bits per heavy atom. The van der Waals surface area contributed by atoms with Crippen LogP contribution >= 0.6 is 11.3 Å². The largest absolute Gasteiger partial charge is 0.444 e. The molecule has 2 rings (SSSR count). The Balaban J connectivity index is 2.00. The van der Waals surface area contributed by atoms with Gasteiger partial charge in [0.2, 0.25) is 5.91 Å². The Morgan fingerprint density at radius 2 is 2.19 bits per heavy atom. The summed E-state index contributed by atoms with van der Waals surface area (Å²) in [5.74, 6) is -0.201. The molecule has 1 atom stereocenters. The first-order chi connectivity index (χ1) is 9.76. The van der Waals surface area contributed by atoms with Gasteiger partial charge in [0.05, 0.1) is 0 Å². The van der Waals surface area contributed by atoms with Gasteiger partial charge < -0.3 is 10.1 Å². The van der Waals surface area contributed by atoms with Crippen molar-refractivity contribution in [1.82, 2.24) is 9.88 Å². The van der Waals surface area contributed by atoms with Crippen LogP contribution < -0.4 is 5.32 Å². The van der Waals surface area contributed by atoms with E-state index in [0.717, 1.165) is 11.3 Å². The van der Waals surface area contributed by atoms with E-state index in [0.29, 0.717) is 18.1 Å². The van der Waals surface area contributed by atoms with Gasteiger partial charge in [0.25, 0.3) is 0 Å². The van der Waals surface area contributed by atoms with Gasteiger partial charge in [0.15, 0.2) is 5.13 Å². The van der Waals surface area contributed by atoms with Crippen molar-refractivity contribution >= 4 is 28.5 Å². The fourth-order valence-electron chi connectivity index (χ4n) is 2.18. The summed E-state index contributed by atoms with van der Waals surface area (Å²) in [6.07, 6.45) is 2.72. The molecular weight excluding hydrogens is 290 g/mol.